The fraction of sp³-hybridized carbons (Fsp3) is 0.200. The predicted octanol–water partition coefficient (Wildman–Crippen LogP) is 2.52. The van der Waals surface area contributed by atoms with Crippen LogP contribution < -0.4 is 5.32 Å². The van der Waals surface area contributed by atoms with Gasteiger partial charge in [-0.2, -0.15) is 0 Å². The fourth-order valence-corrected chi connectivity index (χ4v) is 1.50. The Balaban J connectivity index is 2.75. The largest absolute Gasteiger partial charge is 0.388 e. The van der Waals surface area contributed by atoms with Crippen molar-refractivity contribution in [1.29, 1.82) is 0 Å². The van der Waals surface area contributed by atoms with Crippen LogP contribution >= 0.6 is 0 Å². The third-order valence-electron chi connectivity index (χ3n) is 2.15. The SMILES string of the molecule is CNc1cc(C)c2[nH]ccc2c1. The van der Waals surface area contributed by atoms with Crippen LogP contribution in [0.1, 0.15) is 5.56 Å². The summed E-state index contributed by atoms with van der Waals surface area (Å²) >= 11 is 0. The smallest absolute Gasteiger partial charge is 0.0485 e. The van der Waals surface area contributed by atoms with Crippen molar-refractivity contribution in [3.05, 3.63) is 30.0 Å². The summed E-state index contributed by atoms with van der Waals surface area (Å²) in [4.78, 5) is 3.21. The molecule has 2 rings (SSSR count). The highest BCUT2D eigenvalue weighted by molar-refractivity contribution is 5.86. The molecule has 0 bridgehead atoms. The maximum absolute atomic E-state index is 3.21. The number of fused-ring (bicyclic) bond motifs is 1. The zero-order chi connectivity index (χ0) is 8.55. The molecular formula is C10H12N2. The number of rotatable bonds is 1. The summed E-state index contributed by atoms with van der Waals surface area (Å²) in [5.41, 5.74) is 3.68. The number of aromatic amines is 1. The van der Waals surface area contributed by atoms with E-state index in [1.54, 1.807) is 0 Å². The second kappa shape index (κ2) is 2.55. The topological polar surface area (TPSA) is 27.8 Å². The monoisotopic (exact) mass is 160 g/mol. The summed E-state index contributed by atoms with van der Waals surface area (Å²) in [6, 6.07) is 6.36. The van der Waals surface area contributed by atoms with E-state index in [2.05, 4.69) is 35.4 Å². The van der Waals surface area contributed by atoms with Gasteiger partial charge >= 0.3 is 0 Å². The molecule has 1 aromatic carbocycles. The first-order valence-corrected chi connectivity index (χ1v) is 4.07. The van der Waals surface area contributed by atoms with Gasteiger partial charge in [0.05, 0.1) is 0 Å². The highest BCUT2D eigenvalue weighted by Crippen LogP contribution is 2.21. The molecule has 2 heteroatoms. The molecule has 0 unspecified atom stereocenters. The van der Waals surface area contributed by atoms with Gasteiger partial charge in [-0.1, -0.05) is 0 Å². The van der Waals surface area contributed by atoms with Gasteiger partial charge in [0.15, 0.2) is 0 Å². The second-order valence-corrected chi connectivity index (χ2v) is 2.99. The van der Waals surface area contributed by atoms with Crippen LogP contribution in [0.25, 0.3) is 10.9 Å². The van der Waals surface area contributed by atoms with Crippen LogP contribution in [-0.2, 0) is 0 Å². The molecule has 0 spiro atoms. The Morgan fingerprint density at radius 2 is 2.17 bits per heavy atom. The van der Waals surface area contributed by atoms with Crippen LogP contribution in [0.3, 0.4) is 0 Å². The Kier molecular flexibility index (Phi) is 1.54. The zero-order valence-electron chi connectivity index (χ0n) is 7.31. The van der Waals surface area contributed by atoms with E-state index in [0.29, 0.717) is 0 Å². The average Bonchev–Trinajstić information content (AvgIpc) is 2.52. The van der Waals surface area contributed by atoms with E-state index in [1.165, 1.54) is 22.2 Å². The first-order chi connectivity index (χ1) is 5.81. The summed E-state index contributed by atoms with van der Waals surface area (Å²) in [5.74, 6) is 0. The van der Waals surface area contributed by atoms with Crippen LogP contribution in [0, 0.1) is 6.92 Å². The summed E-state index contributed by atoms with van der Waals surface area (Å²) in [6.45, 7) is 2.11. The molecule has 1 heterocycles. The minimum Gasteiger partial charge on any atom is -0.388 e. The lowest BCUT2D eigenvalue weighted by molar-refractivity contribution is 1.41. The molecule has 12 heavy (non-hydrogen) atoms. The van der Waals surface area contributed by atoms with Crippen LogP contribution in [0.2, 0.25) is 0 Å². The summed E-state index contributed by atoms with van der Waals surface area (Å²) < 4.78 is 0. The highest BCUT2D eigenvalue weighted by Gasteiger charge is 1.99. The molecule has 0 aliphatic heterocycles. The molecule has 0 aliphatic carbocycles. The van der Waals surface area contributed by atoms with E-state index in [4.69, 9.17) is 0 Å². The van der Waals surface area contributed by atoms with E-state index in [9.17, 15) is 0 Å². The van der Waals surface area contributed by atoms with Crippen molar-refractivity contribution in [1.82, 2.24) is 4.98 Å². The van der Waals surface area contributed by atoms with E-state index >= 15 is 0 Å². The van der Waals surface area contributed by atoms with E-state index in [-0.39, 0.29) is 0 Å². The molecule has 0 fully saturated rings. The van der Waals surface area contributed by atoms with Crippen molar-refractivity contribution in [3.63, 3.8) is 0 Å². The van der Waals surface area contributed by atoms with E-state index in [0.717, 1.165) is 0 Å². The molecule has 1 aromatic heterocycles. The molecule has 0 saturated carbocycles. The number of benzene rings is 1. The lowest BCUT2D eigenvalue weighted by Crippen LogP contribution is -1.88. The van der Waals surface area contributed by atoms with Crippen molar-refractivity contribution >= 4 is 16.6 Å². The zero-order valence-corrected chi connectivity index (χ0v) is 7.31. The van der Waals surface area contributed by atoms with Gasteiger partial charge < -0.3 is 10.3 Å². The van der Waals surface area contributed by atoms with Gasteiger partial charge in [-0.3, -0.25) is 0 Å². The normalized spacial score (nSPS) is 10.5. The molecule has 62 valence electrons. The molecule has 2 nitrogen and oxygen atoms in total. The number of aryl methyl sites for hydroxylation is 1. The lowest BCUT2D eigenvalue weighted by Gasteiger charge is -2.02. The van der Waals surface area contributed by atoms with Gasteiger partial charge in [-0.05, 0) is 30.7 Å². The Morgan fingerprint density at radius 3 is 2.92 bits per heavy atom. The van der Waals surface area contributed by atoms with Crippen molar-refractivity contribution in [2.75, 3.05) is 12.4 Å². The fourth-order valence-electron chi connectivity index (χ4n) is 1.50. The molecular weight excluding hydrogens is 148 g/mol. The molecule has 2 N–H and O–H groups in total. The molecule has 2 aromatic rings. The van der Waals surface area contributed by atoms with Crippen LogP contribution in [0.4, 0.5) is 5.69 Å². The summed E-state index contributed by atoms with van der Waals surface area (Å²) in [6.07, 6.45) is 1.97. The van der Waals surface area contributed by atoms with Gasteiger partial charge in [0.2, 0.25) is 0 Å². The Hall–Kier alpha value is -1.44. The Labute approximate surface area is 71.6 Å². The first kappa shape index (κ1) is 7.22. The maximum atomic E-state index is 3.21. The molecule has 0 saturated heterocycles. The molecule has 0 amide bonds. The molecule has 0 aliphatic rings. The Bertz CT molecular complexity index is 401. The van der Waals surface area contributed by atoms with Crippen LogP contribution in [0.15, 0.2) is 24.4 Å². The minimum atomic E-state index is 1.17. The van der Waals surface area contributed by atoms with Crippen molar-refractivity contribution in [2.45, 2.75) is 6.92 Å². The highest BCUT2D eigenvalue weighted by atomic mass is 14.8. The van der Waals surface area contributed by atoms with Crippen LogP contribution in [0.5, 0.6) is 0 Å². The van der Waals surface area contributed by atoms with Gasteiger partial charge in [0.1, 0.15) is 0 Å². The van der Waals surface area contributed by atoms with E-state index in [1.807, 2.05) is 13.2 Å². The maximum Gasteiger partial charge on any atom is 0.0485 e. The number of hydrogen-bond donors (Lipinski definition) is 2. The van der Waals surface area contributed by atoms with Gasteiger partial charge in [-0.15, -0.1) is 0 Å². The summed E-state index contributed by atoms with van der Waals surface area (Å²) in [5, 5.41) is 4.40. The predicted molar refractivity (Wildman–Crippen MR) is 52.6 cm³/mol. The van der Waals surface area contributed by atoms with Gasteiger partial charge in [0.25, 0.3) is 0 Å². The second-order valence-electron chi connectivity index (χ2n) is 2.99. The number of aromatic nitrogens is 1. The van der Waals surface area contributed by atoms with Gasteiger partial charge in [-0.25, -0.2) is 0 Å². The van der Waals surface area contributed by atoms with Crippen LogP contribution in [-0.4, -0.2) is 12.0 Å². The summed E-state index contributed by atoms with van der Waals surface area (Å²) in [7, 11) is 1.94. The molecule has 0 atom stereocenters. The van der Waals surface area contributed by atoms with Crippen molar-refractivity contribution < 1.29 is 0 Å². The standard InChI is InChI=1S/C10H12N2/c1-7-5-9(11-2)6-8-3-4-12-10(7)8/h3-6,11-12H,1-2H3. The van der Waals surface area contributed by atoms with Crippen molar-refractivity contribution in [2.24, 2.45) is 0 Å². The number of hydrogen-bond acceptors (Lipinski definition) is 1. The third-order valence-corrected chi connectivity index (χ3v) is 2.15. The molecule has 0 radical (unpaired) electrons. The minimum absolute atomic E-state index is 1.17. The quantitative estimate of drug-likeness (QED) is 0.659. The lowest BCUT2D eigenvalue weighted by atomic mass is 10.1. The van der Waals surface area contributed by atoms with E-state index < -0.39 is 0 Å². The average molecular weight is 160 g/mol. The first-order valence-electron chi connectivity index (χ1n) is 4.07. The Morgan fingerprint density at radius 1 is 1.33 bits per heavy atom. The number of nitrogens with one attached hydrogen (secondary N) is 2. The number of H-pyrrole nitrogens is 1. The van der Waals surface area contributed by atoms with Gasteiger partial charge in [0, 0.05) is 29.8 Å². The third kappa shape index (κ3) is 0.961. The van der Waals surface area contributed by atoms with Crippen molar-refractivity contribution in [3.8, 4) is 0 Å². The number of anilines is 1.